The van der Waals surface area contributed by atoms with Gasteiger partial charge in [0, 0.05) is 6.92 Å². The summed E-state index contributed by atoms with van der Waals surface area (Å²) in [7, 11) is 0. The van der Waals surface area contributed by atoms with Crippen LogP contribution in [0.4, 0.5) is 0 Å². The first-order valence-corrected chi connectivity index (χ1v) is 32.7. The van der Waals surface area contributed by atoms with Crippen LogP contribution in [0.3, 0.4) is 0 Å². The maximum Gasteiger partial charge on any atom is 0.217 e. The van der Waals surface area contributed by atoms with Crippen molar-refractivity contribution in [2.75, 3.05) is 59.5 Å². The molecule has 1 unspecified atom stereocenters. The Morgan fingerprint density at radius 3 is 0.612 bits per heavy atom. The molecule has 0 aromatic carbocycles. The number of nitrogens with one attached hydrogen (secondary N) is 1. The lowest BCUT2D eigenvalue weighted by Gasteiger charge is -2.51. The van der Waals surface area contributed by atoms with Crippen molar-refractivity contribution in [2.45, 2.75) is 283 Å². The quantitative estimate of drug-likeness (QED) is 0.0382. The molecule has 600 valence electrons. The van der Waals surface area contributed by atoms with E-state index in [1.54, 1.807) is 0 Å². The molecule has 0 saturated carbocycles. The Morgan fingerprint density at radius 1 is 0.233 bits per heavy atom. The standard InChI is InChI=1S/C56H95NO46/c1-11(67)57-21-47(103-56-39(85)31(77)45(19(9-65)95-56)101-54-37(83)29(75)43(17(7-63)93-54)99-52-35(81)27(73)41(15(5-61)91-52)97-50-33(79)25(71)23(69)13(3-59)89-50)46(20(10-66)87-48(21)86)102-55-38(84)30(76)44(18(8-64)94-55)100-53-36(82)28(74)42(16(6-62)92-53)98-51-34(80)26(72)40(14(4-60)90-51)96-49-32(78)24(70)22(68)12(2-58)88-49/h12-56,58-66,68-86H,2-10H2,1H3,(H,57,67)/t12-,13-,14-,15-,16-,17-,18-,19-,20-,21-,22-,23-,24+,25+,26-,27-,28-,29-,30-,31-,32-,33-,34-,35-,36-,37-,38-,39-,40-,41-,42-,43-,44-,45-,46-,47-,48?,49+,50+,51+,52+,53+,54+,55+,56+/m1/s1. The second kappa shape index (κ2) is 36.7. The molecule has 0 bridgehead atoms. The molecule has 9 aliphatic heterocycles. The van der Waals surface area contributed by atoms with Crippen LogP contribution in [0.25, 0.3) is 0 Å². The minimum Gasteiger partial charge on any atom is -0.394 e. The number of hydrogen-bond donors (Lipinski definition) is 29. The van der Waals surface area contributed by atoms with Crippen molar-refractivity contribution in [2.24, 2.45) is 0 Å². The largest absolute Gasteiger partial charge is 0.394 e. The van der Waals surface area contributed by atoms with Gasteiger partial charge in [0.05, 0.1) is 59.5 Å². The van der Waals surface area contributed by atoms with Crippen molar-refractivity contribution >= 4 is 5.91 Å². The van der Waals surface area contributed by atoms with Crippen LogP contribution in [0, 0.1) is 0 Å². The first kappa shape index (κ1) is 84.7. The highest BCUT2D eigenvalue weighted by Crippen LogP contribution is 2.40. The van der Waals surface area contributed by atoms with Crippen LogP contribution in [0.1, 0.15) is 6.92 Å². The molecule has 0 spiro atoms. The Morgan fingerprint density at radius 2 is 0.408 bits per heavy atom. The number of carbonyl (C=O) groups excluding carboxylic acids is 1. The van der Waals surface area contributed by atoms with Gasteiger partial charge < -0.3 is 229 Å². The fraction of sp³-hybridized carbons (Fsp3) is 0.982. The van der Waals surface area contributed by atoms with E-state index in [2.05, 4.69) is 5.32 Å². The molecule has 0 aromatic heterocycles. The highest BCUT2D eigenvalue weighted by atomic mass is 16.8. The van der Waals surface area contributed by atoms with E-state index in [4.69, 9.17) is 80.5 Å². The predicted molar refractivity (Wildman–Crippen MR) is 309 cm³/mol. The third-order valence-corrected chi connectivity index (χ3v) is 19.2. The van der Waals surface area contributed by atoms with Gasteiger partial charge in [0.2, 0.25) is 5.91 Å². The third-order valence-electron chi connectivity index (χ3n) is 19.2. The van der Waals surface area contributed by atoms with Crippen LogP contribution >= 0.6 is 0 Å². The number of hydrogen-bond acceptors (Lipinski definition) is 46. The Balaban J connectivity index is 0.834. The van der Waals surface area contributed by atoms with Gasteiger partial charge in [-0.3, -0.25) is 4.79 Å². The molecule has 9 saturated heterocycles. The number of aliphatic hydroxyl groups is 28. The van der Waals surface area contributed by atoms with E-state index in [9.17, 15) is 148 Å². The molecule has 9 fully saturated rings. The highest BCUT2D eigenvalue weighted by molar-refractivity contribution is 5.73. The van der Waals surface area contributed by atoms with Gasteiger partial charge in [-0.05, 0) is 0 Å². The van der Waals surface area contributed by atoms with Crippen LogP contribution in [-0.2, 0) is 85.3 Å². The maximum atomic E-state index is 12.7. The van der Waals surface area contributed by atoms with E-state index in [0.29, 0.717) is 0 Å². The lowest BCUT2D eigenvalue weighted by atomic mass is 9.94. The van der Waals surface area contributed by atoms with E-state index < -0.39 is 342 Å². The van der Waals surface area contributed by atoms with Crippen molar-refractivity contribution < 1.29 is 228 Å². The Labute approximate surface area is 581 Å². The van der Waals surface area contributed by atoms with E-state index in [-0.39, 0.29) is 0 Å². The Bertz CT molecular complexity index is 2570. The van der Waals surface area contributed by atoms with Gasteiger partial charge in [0.1, 0.15) is 220 Å². The summed E-state index contributed by atoms with van der Waals surface area (Å²) in [5, 5.41) is 305. The Hall–Kier alpha value is -2.33. The number of carbonyl (C=O) groups is 1. The lowest BCUT2D eigenvalue weighted by molar-refractivity contribution is -0.399. The average molecular weight is 1520 g/mol. The third kappa shape index (κ3) is 17.7. The molecular weight excluding hydrogens is 1420 g/mol. The topological polar surface area (TPSA) is 752 Å². The van der Waals surface area contributed by atoms with Gasteiger partial charge in [0.15, 0.2) is 56.6 Å². The molecule has 47 nitrogen and oxygen atoms in total. The molecule has 47 heteroatoms. The van der Waals surface area contributed by atoms with Gasteiger partial charge in [0.25, 0.3) is 0 Å². The van der Waals surface area contributed by atoms with Crippen molar-refractivity contribution in [1.29, 1.82) is 0 Å². The first-order chi connectivity index (χ1) is 48.9. The molecule has 1 amide bonds. The minimum atomic E-state index is -2.38. The summed E-state index contributed by atoms with van der Waals surface area (Å²) in [5.41, 5.74) is 0. The fourth-order valence-corrected chi connectivity index (χ4v) is 13.4. The molecule has 0 aliphatic carbocycles. The summed E-state index contributed by atoms with van der Waals surface area (Å²) >= 11 is 0. The van der Waals surface area contributed by atoms with Crippen molar-refractivity contribution in [1.82, 2.24) is 5.32 Å². The summed E-state index contributed by atoms with van der Waals surface area (Å²) in [6, 6.07) is -1.86. The molecule has 9 rings (SSSR count). The molecule has 103 heavy (non-hydrogen) atoms. The van der Waals surface area contributed by atoms with E-state index >= 15 is 0 Å². The van der Waals surface area contributed by atoms with Gasteiger partial charge in [-0.1, -0.05) is 0 Å². The molecule has 0 aromatic rings. The van der Waals surface area contributed by atoms with Gasteiger partial charge >= 0.3 is 0 Å². The normalized spacial score (nSPS) is 52.4. The average Bonchev–Trinajstić information content (AvgIpc) is 0.773. The molecular formula is C56H95NO46. The van der Waals surface area contributed by atoms with E-state index in [1.807, 2.05) is 0 Å². The summed E-state index contributed by atoms with van der Waals surface area (Å²) in [4.78, 5) is 12.7. The van der Waals surface area contributed by atoms with Crippen molar-refractivity contribution in [3.8, 4) is 0 Å². The summed E-state index contributed by atoms with van der Waals surface area (Å²) in [6.45, 7) is -8.48. The van der Waals surface area contributed by atoms with Gasteiger partial charge in [-0.15, -0.1) is 0 Å². The predicted octanol–water partition coefficient (Wildman–Crippen LogP) is -20.5. The molecule has 29 N–H and O–H groups in total. The van der Waals surface area contributed by atoms with Crippen molar-refractivity contribution in [3.63, 3.8) is 0 Å². The highest BCUT2D eigenvalue weighted by Gasteiger charge is 2.61. The smallest absolute Gasteiger partial charge is 0.217 e. The maximum absolute atomic E-state index is 12.7. The lowest BCUT2D eigenvalue weighted by Crippen LogP contribution is -2.70. The van der Waals surface area contributed by atoms with Crippen LogP contribution < -0.4 is 5.32 Å². The van der Waals surface area contributed by atoms with Gasteiger partial charge in [-0.2, -0.15) is 0 Å². The second-order valence-corrected chi connectivity index (χ2v) is 25.9. The van der Waals surface area contributed by atoms with Crippen LogP contribution in [0.2, 0.25) is 0 Å². The molecule has 45 atom stereocenters. The number of rotatable bonds is 26. The summed E-state index contributed by atoms with van der Waals surface area (Å²) < 4.78 is 96.5. The molecule has 0 radical (unpaired) electrons. The second-order valence-electron chi connectivity index (χ2n) is 25.9. The molecule has 9 aliphatic rings. The fourth-order valence-electron chi connectivity index (χ4n) is 13.4. The Kier molecular flexibility index (Phi) is 30.2. The van der Waals surface area contributed by atoms with Crippen LogP contribution in [0.15, 0.2) is 0 Å². The van der Waals surface area contributed by atoms with E-state index in [1.165, 1.54) is 0 Å². The monoisotopic (exact) mass is 1520 g/mol. The van der Waals surface area contributed by atoms with E-state index in [0.717, 1.165) is 6.92 Å². The number of ether oxygens (including phenoxy) is 17. The zero-order valence-electron chi connectivity index (χ0n) is 54.2. The number of amides is 1. The zero-order valence-corrected chi connectivity index (χ0v) is 54.2. The van der Waals surface area contributed by atoms with Crippen LogP contribution in [0.5, 0.6) is 0 Å². The minimum absolute atomic E-state index is 0.872. The number of aliphatic hydroxyl groups excluding tert-OH is 28. The van der Waals surface area contributed by atoms with Crippen molar-refractivity contribution in [3.05, 3.63) is 0 Å². The molecule has 9 heterocycles. The zero-order chi connectivity index (χ0) is 75.6. The van der Waals surface area contributed by atoms with Gasteiger partial charge in [-0.25, -0.2) is 0 Å². The summed E-state index contributed by atoms with van der Waals surface area (Å²) in [6.07, 6.45) is -88.4. The first-order valence-electron chi connectivity index (χ1n) is 32.7. The van der Waals surface area contributed by atoms with Crippen LogP contribution in [-0.4, -0.2) is 485 Å². The SMILES string of the molecule is CC(=O)N[C@H]1C(O)O[C@H](CO)[C@@H](O[C@@H]2O[C@H](CO)[C@@H](O[C@@H]3O[C@H](CO)[C@@H](O[C@@H]4O[C@H](CO)[C@@H](O[C@@H]5O[C@H](CO)[C@@H](O)[C@H](O)[C@H]5O)[C@H](O)[C@H]4O)[C@H](O)[C@H]3O)[C@H](O)[C@H]2O)[C@@H]1O[C@@H]1O[C@H](CO)[C@@H](O[C@@H]2O[C@H](CO)[C@@H](O[C@@H]3O[C@H](CO)[C@@H](O[C@@H]4O[C@H](CO)[C@@H](O)[C@H](O)[C@H]4O)[C@H](O)[C@H]3O)[C@H](O)[C@H]2O)[C@H](O)[C@H]1O. The summed E-state index contributed by atoms with van der Waals surface area (Å²) in [5.74, 6) is -0.910.